The fourth-order valence-corrected chi connectivity index (χ4v) is 5.15. The van der Waals surface area contributed by atoms with Gasteiger partial charge in [-0.3, -0.25) is 19.7 Å². The van der Waals surface area contributed by atoms with Crippen LogP contribution in [-0.2, 0) is 21.2 Å². The molecule has 1 aliphatic heterocycles. The summed E-state index contributed by atoms with van der Waals surface area (Å²) in [6.45, 7) is 2.87. The van der Waals surface area contributed by atoms with Gasteiger partial charge in [-0.25, -0.2) is 13.9 Å². The lowest BCUT2D eigenvalue weighted by Gasteiger charge is -2.38. The maximum atomic E-state index is 12.9. The molecular formula is C21H26N4O5S. The molecule has 3 rings (SSSR count). The zero-order chi connectivity index (χ0) is 22.6. The predicted molar refractivity (Wildman–Crippen MR) is 114 cm³/mol. The standard InChI is InChI=1S/C21H26N4O5S/c1-15-6-8-17(9-7-15)31(29,30)25-12-10-24(11-13-25)19(21(27)23-28)14-16-4-2-3-5-18(16)20(22)26/h2-9,19,28H,10-14H2,1H3,(H2,22,26)(H,23,27)/t19-/m0/s1. The second kappa shape index (κ2) is 9.56. The second-order valence-electron chi connectivity index (χ2n) is 7.47. The van der Waals surface area contributed by atoms with Gasteiger partial charge in [0, 0.05) is 31.7 Å². The van der Waals surface area contributed by atoms with Gasteiger partial charge in [-0.05, 0) is 37.1 Å². The van der Waals surface area contributed by atoms with Crippen LogP contribution in [0, 0.1) is 6.92 Å². The van der Waals surface area contributed by atoms with Gasteiger partial charge in [-0.2, -0.15) is 4.31 Å². The van der Waals surface area contributed by atoms with Gasteiger partial charge in [0.2, 0.25) is 15.9 Å². The van der Waals surface area contributed by atoms with Crippen LogP contribution in [0.5, 0.6) is 0 Å². The summed E-state index contributed by atoms with van der Waals surface area (Å²) in [7, 11) is -3.64. The van der Waals surface area contributed by atoms with Crippen molar-refractivity contribution in [1.29, 1.82) is 0 Å². The van der Waals surface area contributed by atoms with E-state index in [0.29, 0.717) is 24.2 Å². The molecule has 0 bridgehead atoms. The molecule has 2 aromatic carbocycles. The first-order chi connectivity index (χ1) is 14.7. The summed E-state index contributed by atoms with van der Waals surface area (Å²) < 4.78 is 27.2. The number of nitrogens with zero attached hydrogens (tertiary/aromatic N) is 2. The number of primary amides is 1. The summed E-state index contributed by atoms with van der Waals surface area (Å²) in [4.78, 5) is 26.1. The molecule has 0 unspecified atom stereocenters. The molecule has 166 valence electrons. The zero-order valence-electron chi connectivity index (χ0n) is 17.2. The number of hydroxylamine groups is 1. The van der Waals surface area contributed by atoms with E-state index < -0.39 is 27.9 Å². The topological polar surface area (TPSA) is 133 Å². The van der Waals surface area contributed by atoms with E-state index in [1.807, 2.05) is 6.92 Å². The maximum absolute atomic E-state index is 12.9. The molecule has 0 saturated carbocycles. The molecule has 4 N–H and O–H groups in total. The first kappa shape index (κ1) is 22.9. The fourth-order valence-electron chi connectivity index (χ4n) is 3.72. The average molecular weight is 447 g/mol. The van der Waals surface area contributed by atoms with E-state index in [9.17, 15) is 23.2 Å². The lowest BCUT2D eigenvalue weighted by Crippen LogP contribution is -2.56. The zero-order valence-corrected chi connectivity index (χ0v) is 18.0. The minimum absolute atomic E-state index is 0.149. The summed E-state index contributed by atoms with van der Waals surface area (Å²) in [5, 5.41) is 9.22. The molecule has 0 aromatic heterocycles. The quantitative estimate of drug-likeness (QED) is 0.419. The highest BCUT2D eigenvalue weighted by Gasteiger charge is 2.34. The Morgan fingerprint density at radius 1 is 1.06 bits per heavy atom. The Labute approximate surface area is 181 Å². The van der Waals surface area contributed by atoms with E-state index in [1.165, 1.54) is 4.31 Å². The maximum Gasteiger partial charge on any atom is 0.261 e. The number of aryl methyl sites for hydroxylation is 1. The first-order valence-corrected chi connectivity index (χ1v) is 11.3. The van der Waals surface area contributed by atoms with Crippen LogP contribution < -0.4 is 11.2 Å². The van der Waals surface area contributed by atoms with Gasteiger partial charge in [0.25, 0.3) is 5.91 Å². The van der Waals surface area contributed by atoms with Crippen LogP contribution in [-0.4, -0.2) is 66.9 Å². The molecular weight excluding hydrogens is 420 g/mol. The van der Waals surface area contributed by atoms with Crippen LogP contribution in [0.4, 0.5) is 0 Å². The Kier molecular flexibility index (Phi) is 7.06. The number of piperazine rings is 1. The highest BCUT2D eigenvalue weighted by Crippen LogP contribution is 2.21. The molecule has 1 heterocycles. The first-order valence-electron chi connectivity index (χ1n) is 9.86. The number of rotatable bonds is 7. The third-order valence-corrected chi connectivity index (χ3v) is 7.39. The molecule has 0 spiro atoms. The van der Waals surface area contributed by atoms with Crippen molar-refractivity contribution in [3.05, 3.63) is 65.2 Å². The monoisotopic (exact) mass is 446 g/mol. The van der Waals surface area contributed by atoms with E-state index in [1.54, 1.807) is 58.9 Å². The Balaban J connectivity index is 1.75. The smallest absolute Gasteiger partial charge is 0.261 e. The van der Waals surface area contributed by atoms with E-state index in [2.05, 4.69) is 0 Å². The number of benzene rings is 2. The Morgan fingerprint density at radius 3 is 2.26 bits per heavy atom. The molecule has 2 amide bonds. The lowest BCUT2D eigenvalue weighted by molar-refractivity contribution is -0.135. The van der Waals surface area contributed by atoms with Gasteiger partial charge in [0.1, 0.15) is 0 Å². The Bertz CT molecular complexity index is 1050. The van der Waals surface area contributed by atoms with Crippen LogP contribution in [0.3, 0.4) is 0 Å². The van der Waals surface area contributed by atoms with Crippen molar-refractivity contribution >= 4 is 21.8 Å². The Morgan fingerprint density at radius 2 is 1.68 bits per heavy atom. The molecule has 10 heteroatoms. The lowest BCUT2D eigenvalue weighted by atomic mass is 9.98. The van der Waals surface area contributed by atoms with Gasteiger partial charge < -0.3 is 5.73 Å². The molecule has 2 aromatic rings. The van der Waals surface area contributed by atoms with E-state index in [4.69, 9.17) is 5.73 Å². The summed E-state index contributed by atoms with van der Waals surface area (Å²) >= 11 is 0. The van der Waals surface area contributed by atoms with Crippen LogP contribution in [0.15, 0.2) is 53.4 Å². The summed E-state index contributed by atoms with van der Waals surface area (Å²) in [5.41, 5.74) is 8.96. The van der Waals surface area contributed by atoms with Crippen molar-refractivity contribution in [2.45, 2.75) is 24.3 Å². The minimum Gasteiger partial charge on any atom is -0.366 e. The number of nitrogens with two attached hydrogens (primary N) is 1. The number of hydrogen-bond donors (Lipinski definition) is 3. The fraction of sp³-hybridized carbons (Fsp3) is 0.333. The van der Waals surface area contributed by atoms with Crippen LogP contribution in [0.2, 0.25) is 0 Å². The van der Waals surface area contributed by atoms with Crippen molar-refractivity contribution in [2.24, 2.45) is 5.73 Å². The predicted octanol–water partition coefficient (Wildman–Crippen LogP) is 0.517. The third kappa shape index (κ3) is 5.10. The third-order valence-electron chi connectivity index (χ3n) is 5.48. The molecule has 0 radical (unpaired) electrons. The average Bonchev–Trinajstić information content (AvgIpc) is 2.77. The minimum atomic E-state index is -3.64. The SMILES string of the molecule is Cc1ccc(S(=O)(=O)N2CCN([C@@H](Cc3ccccc3C(N)=O)C(=O)NO)CC2)cc1. The number of carbonyl (C=O) groups excluding carboxylic acids is 2. The highest BCUT2D eigenvalue weighted by atomic mass is 32.2. The van der Waals surface area contributed by atoms with E-state index in [-0.39, 0.29) is 24.4 Å². The van der Waals surface area contributed by atoms with Crippen molar-refractivity contribution in [3.63, 3.8) is 0 Å². The van der Waals surface area contributed by atoms with Crippen LogP contribution >= 0.6 is 0 Å². The van der Waals surface area contributed by atoms with Crippen LogP contribution in [0.25, 0.3) is 0 Å². The van der Waals surface area contributed by atoms with Crippen molar-refractivity contribution in [3.8, 4) is 0 Å². The molecule has 0 aliphatic carbocycles. The summed E-state index contributed by atoms with van der Waals surface area (Å²) in [6, 6.07) is 12.6. The number of carbonyl (C=O) groups is 2. The van der Waals surface area contributed by atoms with Crippen molar-refractivity contribution in [1.82, 2.24) is 14.7 Å². The largest absolute Gasteiger partial charge is 0.366 e. The van der Waals surface area contributed by atoms with Crippen molar-refractivity contribution in [2.75, 3.05) is 26.2 Å². The van der Waals surface area contributed by atoms with Gasteiger partial charge >= 0.3 is 0 Å². The number of nitrogens with one attached hydrogen (secondary N) is 1. The number of amides is 2. The van der Waals surface area contributed by atoms with Gasteiger partial charge in [-0.1, -0.05) is 35.9 Å². The van der Waals surface area contributed by atoms with Crippen LogP contribution in [0.1, 0.15) is 21.5 Å². The molecule has 1 aliphatic rings. The molecule has 1 fully saturated rings. The van der Waals surface area contributed by atoms with Crippen molar-refractivity contribution < 1.29 is 23.2 Å². The van der Waals surface area contributed by atoms with E-state index in [0.717, 1.165) is 5.56 Å². The van der Waals surface area contributed by atoms with Gasteiger partial charge in [0.15, 0.2) is 0 Å². The molecule has 9 nitrogen and oxygen atoms in total. The Hall–Kier alpha value is -2.79. The van der Waals surface area contributed by atoms with E-state index >= 15 is 0 Å². The van der Waals surface area contributed by atoms with Gasteiger partial charge in [-0.15, -0.1) is 0 Å². The molecule has 1 atom stereocenters. The highest BCUT2D eigenvalue weighted by molar-refractivity contribution is 7.89. The second-order valence-corrected chi connectivity index (χ2v) is 9.41. The summed E-state index contributed by atoms with van der Waals surface area (Å²) in [5.74, 6) is -1.23. The number of hydrogen-bond acceptors (Lipinski definition) is 6. The number of sulfonamides is 1. The molecule has 1 saturated heterocycles. The normalized spacial score (nSPS) is 16.6. The molecule has 31 heavy (non-hydrogen) atoms. The van der Waals surface area contributed by atoms with Gasteiger partial charge in [0.05, 0.1) is 10.9 Å². The summed E-state index contributed by atoms with van der Waals surface area (Å²) in [6.07, 6.45) is 0.149.